The molecule has 0 aliphatic heterocycles. The molecule has 6 heteroatoms. The molecule has 1 aromatic carbocycles. The number of halogens is 1. The molecular formula is C16H17FNO4+. The van der Waals surface area contributed by atoms with Crippen molar-refractivity contribution in [3.8, 4) is 11.5 Å². The molecule has 0 radical (unpaired) electrons. The Hall–Kier alpha value is -2.63. The fourth-order valence-corrected chi connectivity index (χ4v) is 1.98. The normalized spacial score (nSPS) is 10.5. The lowest BCUT2D eigenvalue weighted by atomic mass is 10.2. The Bertz CT molecular complexity index is 671. The standard InChI is InChI=1S/C16H16FNO4/c1-11-15(20)14(19)7-9-18(11)8-2-10-22-16(21)12-3-5-13(17)6-4-12/h3-7,9,20H,2,8,10H2,1H3/p+1. The van der Waals surface area contributed by atoms with Gasteiger partial charge in [-0.3, -0.25) is 0 Å². The van der Waals surface area contributed by atoms with Crippen LogP contribution in [-0.2, 0) is 11.3 Å². The zero-order chi connectivity index (χ0) is 16.1. The highest BCUT2D eigenvalue weighted by atomic mass is 19.1. The number of pyridine rings is 1. The van der Waals surface area contributed by atoms with Gasteiger partial charge in [-0.2, -0.15) is 4.57 Å². The van der Waals surface area contributed by atoms with Gasteiger partial charge in [0.1, 0.15) is 5.82 Å². The first kappa shape index (κ1) is 15.8. The van der Waals surface area contributed by atoms with E-state index >= 15 is 0 Å². The minimum absolute atomic E-state index is 0.161. The van der Waals surface area contributed by atoms with Crippen molar-refractivity contribution < 1.29 is 28.7 Å². The molecule has 0 fully saturated rings. The van der Waals surface area contributed by atoms with Gasteiger partial charge in [0.15, 0.2) is 18.5 Å². The van der Waals surface area contributed by atoms with Crippen LogP contribution < -0.4 is 4.57 Å². The van der Waals surface area contributed by atoms with Crippen molar-refractivity contribution in [3.63, 3.8) is 0 Å². The largest absolute Gasteiger partial charge is 0.504 e. The van der Waals surface area contributed by atoms with Crippen LogP contribution in [-0.4, -0.2) is 22.8 Å². The van der Waals surface area contributed by atoms with Crippen molar-refractivity contribution in [3.05, 3.63) is 53.6 Å². The SMILES string of the molecule is Cc1c(O)c(O)cc[n+]1CCCOC(=O)c1ccc(F)cc1. The van der Waals surface area contributed by atoms with E-state index in [1.807, 2.05) is 0 Å². The highest BCUT2D eigenvalue weighted by Gasteiger charge is 2.15. The van der Waals surface area contributed by atoms with Crippen molar-refractivity contribution in [2.24, 2.45) is 0 Å². The van der Waals surface area contributed by atoms with E-state index in [0.29, 0.717) is 24.2 Å². The minimum atomic E-state index is -0.504. The predicted octanol–water partition coefficient (Wildman–Crippen LogP) is 2.08. The van der Waals surface area contributed by atoms with Gasteiger partial charge in [-0.15, -0.1) is 0 Å². The van der Waals surface area contributed by atoms with Crippen LogP contribution in [0.2, 0.25) is 0 Å². The summed E-state index contributed by atoms with van der Waals surface area (Å²) in [7, 11) is 0. The van der Waals surface area contributed by atoms with Crippen molar-refractivity contribution in [1.29, 1.82) is 0 Å². The quantitative estimate of drug-likeness (QED) is 0.504. The monoisotopic (exact) mass is 306 g/mol. The van der Waals surface area contributed by atoms with E-state index < -0.39 is 11.8 Å². The van der Waals surface area contributed by atoms with Crippen molar-refractivity contribution in [1.82, 2.24) is 0 Å². The summed E-state index contributed by atoms with van der Waals surface area (Å²) in [5, 5.41) is 19.0. The third-order valence-corrected chi connectivity index (χ3v) is 3.28. The lowest BCUT2D eigenvalue weighted by Gasteiger charge is -2.05. The molecule has 0 amide bonds. The maximum absolute atomic E-state index is 12.8. The number of ether oxygens (including phenoxy) is 1. The fraction of sp³-hybridized carbons (Fsp3) is 0.250. The molecule has 0 aliphatic rings. The molecule has 5 nitrogen and oxygen atoms in total. The Kier molecular flexibility index (Phi) is 4.93. The Morgan fingerprint density at radius 2 is 1.91 bits per heavy atom. The molecular weight excluding hydrogens is 289 g/mol. The van der Waals surface area contributed by atoms with E-state index in [9.17, 15) is 19.4 Å². The van der Waals surface area contributed by atoms with E-state index in [2.05, 4.69) is 0 Å². The molecule has 0 spiro atoms. The number of benzene rings is 1. The molecule has 22 heavy (non-hydrogen) atoms. The molecule has 0 saturated carbocycles. The second-order valence-electron chi connectivity index (χ2n) is 4.82. The number of aromatic hydroxyl groups is 2. The van der Waals surface area contributed by atoms with Crippen LogP contribution in [0.1, 0.15) is 22.5 Å². The van der Waals surface area contributed by atoms with Crippen LogP contribution in [0.3, 0.4) is 0 Å². The summed E-state index contributed by atoms with van der Waals surface area (Å²) in [6, 6.07) is 6.54. The lowest BCUT2D eigenvalue weighted by molar-refractivity contribution is -0.703. The van der Waals surface area contributed by atoms with Gasteiger partial charge >= 0.3 is 5.97 Å². The number of carbonyl (C=O) groups is 1. The van der Waals surface area contributed by atoms with Crippen LogP contribution in [0, 0.1) is 12.7 Å². The van der Waals surface area contributed by atoms with Gasteiger partial charge in [0.25, 0.3) is 0 Å². The van der Waals surface area contributed by atoms with Gasteiger partial charge in [-0.05, 0) is 24.3 Å². The summed E-state index contributed by atoms with van der Waals surface area (Å²) in [5.41, 5.74) is 0.831. The van der Waals surface area contributed by atoms with Gasteiger partial charge in [0.2, 0.25) is 11.4 Å². The maximum atomic E-state index is 12.8. The fourth-order valence-electron chi connectivity index (χ4n) is 1.98. The molecule has 1 heterocycles. The molecule has 116 valence electrons. The molecule has 2 N–H and O–H groups in total. The van der Waals surface area contributed by atoms with Crippen LogP contribution >= 0.6 is 0 Å². The second kappa shape index (κ2) is 6.89. The highest BCUT2D eigenvalue weighted by molar-refractivity contribution is 5.89. The molecule has 2 aromatic rings. The third-order valence-electron chi connectivity index (χ3n) is 3.28. The first-order valence-electron chi connectivity index (χ1n) is 6.82. The average Bonchev–Trinajstić information content (AvgIpc) is 2.51. The Labute approximate surface area is 127 Å². The molecule has 0 unspecified atom stereocenters. The molecule has 0 aliphatic carbocycles. The summed E-state index contributed by atoms with van der Waals surface area (Å²) in [6.45, 7) is 2.40. The topological polar surface area (TPSA) is 70.6 Å². The van der Waals surface area contributed by atoms with Crippen molar-refractivity contribution in [2.75, 3.05) is 6.61 Å². The minimum Gasteiger partial charge on any atom is -0.504 e. The number of aryl methyl sites for hydroxylation is 1. The highest BCUT2D eigenvalue weighted by Crippen LogP contribution is 2.24. The Morgan fingerprint density at radius 1 is 1.23 bits per heavy atom. The lowest BCUT2D eigenvalue weighted by Crippen LogP contribution is -2.37. The van der Waals surface area contributed by atoms with Crippen LogP contribution in [0.4, 0.5) is 4.39 Å². The molecule has 2 rings (SSSR count). The number of hydrogen-bond acceptors (Lipinski definition) is 4. The zero-order valence-corrected chi connectivity index (χ0v) is 12.1. The molecule has 0 bridgehead atoms. The van der Waals surface area contributed by atoms with Gasteiger partial charge < -0.3 is 14.9 Å². The number of hydrogen-bond donors (Lipinski definition) is 2. The Balaban J connectivity index is 1.83. The molecule has 0 atom stereocenters. The summed E-state index contributed by atoms with van der Waals surface area (Å²) >= 11 is 0. The van der Waals surface area contributed by atoms with E-state index in [-0.39, 0.29) is 18.1 Å². The summed E-state index contributed by atoms with van der Waals surface area (Å²) in [5.74, 6) is -1.24. The van der Waals surface area contributed by atoms with Crippen molar-refractivity contribution in [2.45, 2.75) is 19.9 Å². The number of nitrogens with zero attached hydrogens (tertiary/aromatic N) is 1. The number of aromatic nitrogens is 1. The van der Waals surface area contributed by atoms with Gasteiger partial charge in [0.05, 0.1) is 12.2 Å². The number of esters is 1. The van der Waals surface area contributed by atoms with Crippen LogP contribution in [0.5, 0.6) is 11.5 Å². The summed E-state index contributed by atoms with van der Waals surface area (Å²) < 4.78 is 19.6. The average molecular weight is 306 g/mol. The van der Waals surface area contributed by atoms with Crippen LogP contribution in [0.15, 0.2) is 36.5 Å². The summed E-state index contributed by atoms with van der Waals surface area (Å²) in [6.07, 6.45) is 2.19. The van der Waals surface area contributed by atoms with Gasteiger partial charge in [-0.25, -0.2) is 9.18 Å². The van der Waals surface area contributed by atoms with E-state index in [4.69, 9.17) is 4.74 Å². The summed E-state index contributed by atoms with van der Waals surface area (Å²) in [4.78, 5) is 11.7. The number of carbonyl (C=O) groups excluding carboxylic acids is 1. The van der Waals surface area contributed by atoms with Crippen LogP contribution in [0.25, 0.3) is 0 Å². The maximum Gasteiger partial charge on any atom is 0.338 e. The van der Waals surface area contributed by atoms with Crippen molar-refractivity contribution >= 4 is 5.97 Å². The predicted molar refractivity (Wildman–Crippen MR) is 76.0 cm³/mol. The first-order valence-corrected chi connectivity index (χ1v) is 6.82. The van der Waals surface area contributed by atoms with Gasteiger partial charge in [-0.1, -0.05) is 0 Å². The van der Waals surface area contributed by atoms with E-state index in [1.54, 1.807) is 17.7 Å². The van der Waals surface area contributed by atoms with Gasteiger partial charge in [0, 0.05) is 19.4 Å². The zero-order valence-electron chi connectivity index (χ0n) is 12.1. The third kappa shape index (κ3) is 3.72. The number of rotatable bonds is 5. The molecule has 0 saturated heterocycles. The second-order valence-corrected chi connectivity index (χ2v) is 4.82. The first-order chi connectivity index (χ1) is 10.5. The van der Waals surface area contributed by atoms with E-state index in [0.717, 1.165) is 0 Å². The molecule has 1 aromatic heterocycles. The Morgan fingerprint density at radius 3 is 2.59 bits per heavy atom. The van der Waals surface area contributed by atoms with E-state index in [1.165, 1.54) is 30.3 Å². The smallest absolute Gasteiger partial charge is 0.338 e.